The van der Waals surface area contributed by atoms with E-state index in [1.54, 1.807) is 9.80 Å². The van der Waals surface area contributed by atoms with E-state index in [9.17, 15) is 21.9 Å². The zero-order chi connectivity index (χ0) is 81.5. The molecule has 94 heavy (non-hydrogen) atoms. The van der Waals surface area contributed by atoms with Gasteiger partial charge in [-0.2, -0.15) is 0 Å². The van der Waals surface area contributed by atoms with Crippen molar-refractivity contribution in [2.75, 3.05) is 9.80 Å². The Labute approximate surface area is 585 Å². The van der Waals surface area contributed by atoms with Gasteiger partial charge in [-0.1, -0.05) is 240 Å². The number of nitrogens with zero attached hydrogens (tertiary/aromatic N) is 2. The van der Waals surface area contributed by atoms with E-state index in [4.69, 9.17) is 18.3 Å². The maximum atomic E-state index is 11.3. The van der Waals surface area contributed by atoms with Crippen LogP contribution in [0.5, 0.6) is 23.0 Å². The minimum Gasteiger partial charge on any atom is -0.460 e. The van der Waals surface area contributed by atoms with Gasteiger partial charge in [0.05, 0.1) is 33.3 Å². The van der Waals surface area contributed by atoms with Crippen LogP contribution in [0.15, 0.2) is 106 Å². The van der Waals surface area contributed by atoms with Crippen LogP contribution in [0, 0.1) is 0 Å². The molecule has 0 fully saturated rings. The van der Waals surface area contributed by atoms with Crippen LogP contribution in [-0.2, 0) is 54.1 Å². The molecule has 7 aromatic carbocycles. The minimum atomic E-state index is -1.54. The summed E-state index contributed by atoms with van der Waals surface area (Å²) >= 11 is 0. The third-order valence-corrected chi connectivity index (χ3v) is 21.3. The average molecular weight is 1270 g/mol. The van der Waals surface area contributed by atoms with Gasteiger partial charge in [0.25, 0.3) is 13.4 Å². The number of hydrogen-bond donors (Lipinski definition) is 0. The van der Waals surface area contributed by atoms with Crippen LogP contribution >= 0.6 is 0 Å². The van der Waals surface area contributed by atoms with Gasteiger partial charge < -0.3 is 28.1 Å². The maximum Gasteiger partial charge on any atom is 0.256 e. The molecule has 6 heterocycles. The summed E-state index contributed by atoms with van der Waals surface area (Å²) < 4.78 is 204. The second-order valence-electron chi connectivity index (χ2n) is 36.9. The summed E-state index contributed by atoms with van der Waals surface area (Å²) in [6.45, 7) is 47.4. The van der Waals surface area contributed by atoms with Crippen LogP contribution < -0.4 is 52.1 Å². The van der Waals surface area contributed by atoms with Crippen LogP contribution in [0.3, 0.4) is 0 Å². The predicted octanol–water partition coefficient (Wildman–Crippen LogP) is 20.5. The SMILES string of the molecule is [2H]c1c([2H])c(C(C)(C)C)c([2H])c2c1N(c1c([2H])c([2H])c(C(C)(C)C)c([2H])c1C(C)(C)C)c1c3c4c(c5c1B2c1c(c([2H])c2oc6c(c2c1[2H])C(C)(C)CCC6(C)C)O5)N(c1c([2H])c([2H])c(C(C)(C)C)c([2H])c1C(C)(C)C)c1c([2H])c([2H])c(C(C)(C)C)c([2H])c1B4c1c(c([2H])c2oc4c(c2c1[2H])C(C)(C)CCC4(C)C)O3. The van der Waals surface area contributed by atoms with E-state index in [1.807, 2.05) is 125 Å². The summed E-state index contributed by atoms with van der Waals surface area (Å²) in [5.41, 5.74) is -6.09. The highest BCUT2D eigenvalue weighted by Gasteiger charge is 2.55. The lowest BCUT2D eigenvalue weighted by Gasteiger charge is -2.48. The second-order valence-corrected chi connectivity index (χ2v) is 36.9. The van der Waals surface area contributed by atoms with E-state index in [0.717, 1.165) is 11.1 Å². The molecule has 9 aromatic rings. The smallest absolute Gasteiger partial charge is 0.256 e. The third-order valence-electron chi connectivity index (χ3n) is 21.3. The second kappa shape index (κ2) is 19.4. The summed E-state index contributed by atoms with van der Waals surface area (Å²) in [5, 5.41) is 0.667. The van der Waals surface area contributed by atoms with Crippen molar-refractivity contribution in [1.29, 1.82) is 0 Å². The fraction of sp³-hybridized carbons (Fsp3) is 0.465. The van der Waals surface area contributed by atoms with Crippen molar-refractivity contribution in [1.82, 2.24) is 0 Å². The number of furan rings is 2. The zero-order valence-corrected chi connectivity index (χ0v) is 60.5. The summed E-state index contributed by atoms with van der Waals surface area (Å²) in [6.07, 6.45) is 2.77. The van der Waals surface area contributed by atoms with Crippen molar-refractivity contribution < 1.29 is 40.2 Å². The van der Waals surface area contributed by atoms with Gasteiger partial charge in [0.2, 0.25) is 0 Å². The van der Waals surface area contributed by atoms with Gasteiger partial charge in [0.1, 0.15) is 45.7 Å². The van der Waals surface area contributed by atoms with Gasteiger partial charge in [-0.3, -0.25) is 0 Å². The fourth-order valence-electron chi connectivity index (χ4n) is 15.5. The molecule has 486 valence electrons. The molecular formula is C86H102B2N2O4. The number of rotatable bonds is 2. The van der Waals surface area contributed by atoms with Crippen molar-refractivity contribution in [3.63, 3.8) is 0 Å². The molecule has 0 N–H and O–H groups in total. The van der Waals surface area contributed by atoms with Crippen LogP contribution in [0.4, 0.5) is 34.1 Å². The summed E-state index contributed by atoms with van der Waals surface area (Å²) in [6, 6.07) is -4.47. The molecule has 8 heteroatoms. The Morgan fingerprint density at radius 1 is 0.362 bits per heavy atom. The number of anilines is 6. The molecule has 0 amide bonds. The first-order chi connectivity index (χ1) is 50.1. The Balaban J connectivity index is 1.31. The quantitative estimate of drug-likeness (QED) is 0.161. The molecule has 0 spiro atoms. The molecule has 4 aliphatic heterocycles. The van der Waals surface area contributed by atoms with Crippen LogP contribution in [0.1, 0.15) is 284 Å². The molecule has 2 aliphatic carbocycles. The van der Waals surface area contributed by atoms with Gasteiger partial charge in [-0.15, -0.1) is 0 Å². The van der Waals surface area contributed by atoms with Crippen LogP contribution in [0.25, 0.3) is 21.9 Å². The van der Waals surface area contributed by atoms with E-state index in [0.29, 0.717) is 48.0 Å². The van der Waals surface area contributed by atoms with Gasteiger partial charge in [-0.25, -0.2) is 0 Å². The Hall–Kier alpha value is -7.05. The first-order valence-corrected chi connectivity index (χ1v) is 34.1. The van der Waals surface area contributed by atoms with E-state index in [1.165, 1.54) is 0 Å². The van der Waals surface area contributed by atoms with E-state index >= 15 is 0 Å². The van der Waals surface area contributed by atoms with Crippen molar-refractivity contribution >= 4 is 102 Å². The molecule has 0 saturated carbocycles. The molecule has 2 aromatic heterocycles. The highest BCUT2D eigenvalue weighted by Crippen LogP contribution is 2.59. The third kappa shape index (κ3) is 9.21. The van der Waals surface area contributed by atoms with E-state index in [-0.39, 0.29) is 207 Å². The highest BCUT2D eigenvalue weighted by molar-refractivity contribution is 7.02. The molecule has 6 aliphatic rings. The van der Waals surface area contributed by atoms with Crippen molar-refractivity contribution in [2.24, 2.45) is 0 Å². The van der Waals surface area contributed by atoms with E-state index in [2.05, 4.69) is 55.4 Å². The monoisotopic (exact) mass is 1260 g/mol. The lowest BCUT2D eigenvalue weighted by molar-refractivity contribution is 0.284. The molecular weight excluding hydrogens is 1150 g/mol. The highest BCUT2D eigenvalue weighted by atomic mass is 16.5. The number of fused-ring (bicyclic) bond motifs is 16. The zero-order valence-electron chi connectivity index (χ0n) is 76.5. The normalized spacial score (nSPS) is 20.5. The molecule has 0 unspecified atom stereocenters. The first-order valence-electron chi connectivity index (χ1n) is 42.1. The summed E-state index contributed by atoms with van der Waals surface area (Å²) in [4.78, 5) is 3.15. The molecule has 15 rings (SSSR count). The molecule has 0 atom stereocenters. The maximum absolute atomic E-state index is 11.3. The summed E-state index contributed by atoms with van der Waals surface area (Å²) in [7, 11) is 0. The molecule has 0 radical (unpaired) electrons. The Morgan fingerprint density at radius 3 is 0.989 bits per heavy atom. The number of benzene rings is 7. The largest absolute Gasteiger partial charge is 0.460 e. The van der Waals surface area contributed by atoms with Crippen molar-refractivity contribution in [3.05, 3.63) is 153 Å². The number of hydrogen-bond acceptors (Lipinski definition) is 6. The van der Waals surface area contributed by atoms with Crippen LogP contribution in [-0.4, -0.2) is 13.4 Å². The minimum absolute atomic E-state index is 0.0342. The van der Waals surface area contributed by atoms with Gasteiger partial charge in [0, 0.05) is 78.5 Å². The molecule has 0 bridgehead atoms. The van der Waals surface area contributed by atoms with Gasteiger partial charge >= 0.3 is 0 Å². The van der Waals surface area contributed by atoms with Crippen molar-refractivity contribution in [3.8, 4) is 23.0 Å². The standard InChI is InChI=1S/C86H102B2N2O4/c1-77(2,3)47-27-31-59(53(39-47)81(13,14)15)89-61-33-29-49(79(7,8)9)41-55(61)87-57-43-51-64(94-75-67(51)83(19,20)35-37-85(75,23)24)46-66(57)92-74-69(87)71(89)73-70-72(74)90(60-32-28-48(78(4,5)6)40-54(60)82(16,17)18)62-34-30-50(80(10,11)12)42-56(62)88(70)58-44-52-63(45-65(58)91-73)93-76-68(52)84(21,22)36-38-86(76,25)26/h27-34,39-46H,35-38H2,1-26H3/i27D,28D,29D,30D,31D,32D,33D,34D,39D,40D,41D,42D,43D,44D,45D,46D. The predicted molar refractivity (Wildman–Crippen MR) is 400 cm³/mol. The first kappa shape index (κ1) is 47.0. The number of ether oxygens (including phenoxy) is 2. The Bertz CT molecular complexity index is 5390. The Kier molecular flexibility index (Phi) is 9.68. The van der Waals surface area contributed by atoms with Crippen molar-refractivity contribution in [2.45, 2.75) is 260 Å². The lowest BCUT2D eigenvalue weighted by atomic mass is 9.31. The average Bonchev–Trinajstić information content (AvgIpc) is 0.809. The van der Waals surface area contributed by atoms with Gasteiger partial charge in [0.15, 0.2) is 0 Å². The topological polar surface area (TPSA) is 51.2 Å². The summed E-state index contributed by atoms with van der Waals surface area (Å²) in [5.74, 6) is 0.429. The Morgan fingerprint density at radius 2 is 0.670 bits per heavy atom. The molecule has 6 nitrogen and oxygen atoms in total. The van der Waals surface area contributed by atoms with Crippen LogP contribution in [0.2, 0.25) is 0 Å². The lowest BCUT2D eigenvalue weighted by Crippen LogP contribution is -2.64. The molecule has 0 saturated heterocycles. The van der Waals surface area contributed by atoms with E-state index < -0.39 is 91.7 Å². The fourth-order valence-corrected chi connectivity index (χ4v) is 15.5. The van der Waals surface area contributed by atoms with Gasteiger partial charge in [-0.05, 0) is 148 Å².